The predicted octanol–water partition coefficient (Wildman–Crippen LogP) is 3.73. The molecule has 0 N–H and O–H groups in total. The molecule has 0 heterocycles. The summed E-state index contributed by atoms with van der Waals surface area (Å²) in [6.45, 7) is 8.54. The van der Waals surface area contributed by atoms with E-state index in [-0.39, 0.29) is 11.9 Å². The third-order valence-electron chi connectivity index (χ3n) is 4.87. The molecule has 0 spiro atoms. The molecule has 2 heteroatoms. The first-order valence-corrected chi connectivity index (χ1v) is 6.99. The summed E-state index contributed by atoms with van der Waals surface area (Å²) in [4.78, 5) is 11.7. The third kappa shape index (κ3) is 2.38. The Balaban J connectivity index is 2.23. The summed E-state index contributed by atoms with van der Waals surface area (Å²) in [6.07, 6.45) is 7.14. The quantitative estimate of drug-likeness (QED) is 0.423. The average molecular weight is 248 g/mol. The number of rotatable bonds is 2. The monoisotopic (exact) mass is 248 g/mol. The number of allylic oxidation sites excluding steroid dienone is 2. The van der Waals surface area contributed by atoms with Gasteiger partial charge in [0.15, 0.2) is 0 Å². The molecule has 0 aliphatic heterocycles. The summed E-state index contributed by atoms with van der Waals surface area (Å²) in [5.74, 6) is 2.03. The number of fused-ring (bicyclic) bond motifs is 1. The Morgan fingerprint density at radius 2 is 2.11 bits per heavy atom. The highest BCUT2D eigenvalue weighted by atomic mass is 16.5. The van der Waals surface area contributed by atoms with Crippen LogP contribution < -0.4 is 0 Å². The lowest BCUT2D eigenvalue weighted by Crippen LogP contribution is -2.36. The summed E-state index contributed by atoms with van der Waals surface area (Å²) in [6, 6.07) is 0. The van der Waals surface area contributed by atoms with Gasteiger partial charge in [0.1, 0.15) is 0 Å². The normalized spacial score (nSPS) is 35.4. The second-order valence-electron chi connectivity index (χ2n) is 5.97. The molecule has 0 unspecified atom stereocenters. The van der Waals surface area contributed by atoms with E-state index >= 15 is 0 Å². The van der Waals surface area contributed by atoms with E-state index in [2.05, 4.69) is 26.5 Å². The lowest BCUT2D eigenvalue weighted by Gasteiger charge is -2.43. The summed E-state index contributed by atoms with van der Waals surface area (Å²) >= 11 is 0. The van der Waals surface area contributed by atoms with Gasteiger partial charge in [-0.15, -0.1) is 0 Å². The molecule has 4 atom stereocenters. The summed E-state index contributed by atoms with van der Waals surface area (Å²) in [5, 5.41) is 0. The van der Waals surface area contributed by atoms with Gasteiger partial charge in [0, 0.05) is 5.57 Å². The van der Waals surface area contributed by atoms with Crippen molar-refractivity contribution in [2.45, 2.75) is 39.5 Å². The highest BCUT2D eigenvalue weighted by Gasteiger charge is 2.40. The lowest BCUT2D eigenvalue weighted by atomic mass is 9.61. The van der Waals surface area contributed by atoms with Crippen LogP contribution in [0.25, 0.3) is 0 Å². The van der Waals surface area contributed by atoms with Crippen molar-refractivity contribution in [3.05, 3.63) is 23.8 Å². The fourth-order valence-corrected chi connectivity index (χ4v) is 3.74. The Morgan fingerprint density at radius 1 is 1.39 bits per heavy atom. The van der Waals surface area contributed by atoms with Crippen LogP contribution >= 0.6 is 0 Å². The van der Waals surface area contributed by atoms with Gasteiger partial charge >= 0.3 is 5.97 Å². The molecule has 0 aromatic carbocycles. The van der Waals surface area contributed by atoms with E-state index in [9.17, 15) is 4.79 Å². The number of carbonyl (C=O) groups is 1. The number of ether oxygens (including phenoxy) is 1. The SMILES string of the molecule is C=C(C(=O)OC)[C@@H]1CC[C@@H](C)[C@@H]2CCC(C)=C[C@@H]21. The van der Waals surface area contributed by atoms with E-state index in [1.165, 1.54) is 31.9 Å². The molecule has 18 heavy (non-hydrogen) atoms. The lowest BCUT2D eigenvalue weighted by molar-refractivity contribution is -0.137. The van der Waals surface area contributed by atoms with Crippen LogP contribution in [0.4, 0.5) is 0 Å². The van der Waals surface area contributed by atoms with E-state index < -0.39 is 0 Å². The van der Waals surface area contributed by atoms with Gasteiger partial charge in [-0.25, -0.2) is 4.79 Å². The van der Waals surface area contributed by atoms with Gasteiger partial charge < -0.3 is 4.74 Å². The number of hydrogen-bond acceptors (Lipinski definition) is 2. The largest absolute Gasteiger partial charge is 0.466 e. The van der Waals surface area contributed by atoms with Crippen LogP contribution in [0.15, 0.2) is 23.8 Å². The van der Waals surface area contributed by atoms with Crippen molar-refractivity contribution in [3.63, 3.8) is 0 Å². The first-order chi connectivity index (χ1) is 8.54. The minimum atomic E-state index is -0.232. The van der Waals surface area contributed by atoms with Gasteiger partial charge in [-0.05, 0) is 56.3 Å². The van der Waals surface area contributed by atoms with Crippen LogP contribution in [0.2, 0.25) is 0 Å². The smallest absolute Gasteiger partial charge is 0.333 e. The molecule has 100 valence electrons. The number of carbonyl (C=O) groups excluding carboxylic acids is 1. The molecule has 2 rings (SSSR count). The molecular weight excluding hydrogens is 224 g/mol. The highest BCUT2D eigenvalue weighted by Crippen LogP contribution is 2.47. The molecule has 0 aromatic heterocycles. The number of methoxy groups -OCH3 is 1. The van der Waals surface area contributed by atoms with Crippen molar-refractivity contribution in [3.8, 4) is 0 Å². The summed E-state index contributed by atoms with van der Waals surface area (Å²) in [7, 11) is 1.44. The van der Waals surface area contributed by atoms with Crippen molar-refractivity contribution in [2.24, 2.45) is 23.7 Å². The van der Waals surface area contributed by atoms with Gasteiger partial charge in [0.25, 0.3) is 0 Å². The van der Waals surface area contributed by atoms with Crippen LogP contribution in [0.5, 0.6) is 0 Å². The van der Waals surface area contributed by atoms with Crippen LogP contribution in [0, 0.1) is 23.7 Å². The molecule has 0 saturated heterocycles. The van der Waals surface area contributed by atoms with Gasteiger partial charge in [0.2, 0.25) is 0 Å². The number of esters is 1. The van der Waals surface area contributed by atoms with Crippen molar-refractivity contribution >= 4 is 5.97 Å². The minimum Gasteiger partial charge on any atom is -0.466 e. The second kappa shape index (κ2) is 5.29. The molecule has 2 aliphatic carbocycles. The maximum Gasteiger partial charge on any atom is 0.333 e. The average Bonchev–Trinajstić information content (AvgIpc) is 2.37. The van der Waals surface area contributed by atoms with Crippen molar-refractivity contribution in [1.82, 2.24) is 0 Å². The zero-order valence-corrected chi connectivity index (χ0v) is 11.7. The van der Waals surface area contributed by atoms with Gasteiger partial charge in [0.05, 0.1) is 7.11 Å². The minimum absolute atomic E-state index is 0.232. The molecule has 0 bridgehead atoms. The summed E-state index contributed by atoms with van der Waals surface area (Å²) in [5.41, 5.74) is 2.14. The maximum atomic E-state index is 11.7. The molecule has 1 saturated carbocycles. The van der Waals surface area contributed by atoms with E-state index in [4.69, 9.17) is 4.74 Å². The molecule has 1 fully saturated rings. The Morgan fingerprint density at radius 3 is 2.78 bits per heavy atom. The fourth-order valence-electron chi connectivity index (χ4n) is 3.74. The Hall–Kier alpha value is -1.05. The molecular formula is C16H24O2. The standard InChI is InChI=1S/C16H24O2/c1-10-5-7-13-11(2)6-8-14(15(13)9-10)12(3)16(17)18-4/h9,11,13-15H,3,5-8H2,1-2,4H3/t11-,13+,14+,15+/m1/s1. The topological polar surface area (TPSA) is 26.3 Å². The second-order valence-corrected chi connectivity index (χ2v) is 5.97. The van der Waals surface area contributed by atoms with Crippen molar-refractivity contribution in [2.75, 3.05) is 7.11 Å². The van der Waals surface area contributed by atoms with Crippen LogP contribution in [0.1, 0.15) is 39.5 Å². The van der Waals surface area contributed by atoms with Crippen molar-refractivity contribution < 1.29 is 9.53 Å². The molecule has 0 aromatic rings. The predicted molar refractivity (Wildman–Crippen MR) is 73.0 cm³/mol. The zero-order valence-electron chi connectivity index (χ0n) is 11.7. The zero-order chi connectivity index (χ0) is 13.3. The Labute approximate surface area is 110 Å². The number of hydrogen-bond donors (Lipinski definition) is 0. The third-order valence-corrected chi connectivity index (χ3v) is 4.87. The molecule has 0 radical (unpaired) electrons. The Bertz CT molecular complexity index is 381. The van der Waals surface area contributed by atoms with Gasteiger partial charge in [-0.1, -0.05) is 25.2 Å². The van der Waals surface area contributed by atoms with Crippen LogP contribution in [0.3, 0.4) is 0 Å². The van der Waals surface area contributed by atoms with Gasteiger partial charge in [-0.2, -0.15) is 0 Å². The highest BCUT2D eigenvalue weighted by molar-refractivity contribution is 5.88. The first-order valence-electron chi connectivity index (χ1n) is 6.99. The van der Waals surface area contributed by atoms with E-state index in [1.54, 1.807) is 0 Å². The van der Waals surface area contributed by atoms with Crippen LogP contribution in [-0.4, -0.2) is 13.1 Å². The van der Waals surface area contributed by atoms with E-state index in [0.717, 1.165) is 12.3 Å². The Kier molecular flexibility index (Phi) is 3.94. The molecule has 0 amide bonds. The molecule has 2 aliphatic rings. The first kappa shape index (κ1) is 13.4. The van der Waals surface area contributed by atoms with E-state index in [0.29, 0.717) is 17.4 Å². The van der Waals surface area contributed by atoms with E-state index in [1.807, 2.05) is 0 Å². The van der Waals surface area contributed by atoms with Crippen LogP contribution in [-0.2, 0) is 9.53 Å². The molecule has 2 nitrogen and oxygen atoms in total. The van der Waals surface area contributed by atoms with Crippen molar-refractivity contribution in [1.29, 1.82) is 0 Å². The summed E-state index contributed by atoms with van der Waals surface area (Å²) < 4.78 is 4.84. The van der Waals surface area contributed by atoms with Gasteiger partial charge in [-0.3, -0.25) is 0 Å². The fraction of sp³-hybridized carbons (Fsp3) is 0.688. The maximum absolute atomic E-state index is 11.7.